The molecule has 0 aliphatic carbocycles. The maximum atomic E-state index is 12.6. The summed E-state index contributed by atoms with van der Waals surface area (Å²) in [5.41, 5.74) is 8.20. The molecule has 0 fully saturated rings. The molecule has 7 heteroatoms. The van der Waals surface area contributed by atoms with E-state index in [1.807, 2.05) is 33.8 Å². The number of carbonyl (C=O) groups excluding carboxylic acids is 1. The van der Waals surface area contributed by atoms with Crippen molar-refractivity contribution in [3.8, 4) is 5.95 Å². The quantitative estimate of drug-likeness (QED) is 0.699. The van der Waals surface area contributed by atoms with E-state index in [0.29, 0.717) is 12.5 Å². The minimum atomic E-state index is -0.0179. The van der Waals surface area contributed by atoms with E-state index < -0.39 is 0 Å². The number of nitrogens with one attached hydrogen (secondary N) is 2. The molecule has 3 heterocycles. The first-order chi connectivity index (χ1) is 13.9. The van der Waals surface area contributed by atoms with Crippen molar-refractivity contribution >= 4 is 5.91 Å². The van der Waals surface area contributed by atoms with Gasteiger partial charge in [-0.1, -0.05) is 18.2 Å². The normalized spacial score (nSPS) is 12.8. The van der Waals surface area contributed by atoms with Crippen LogP contribution in [0.3, 0.4) is 0 Å². The van der Waals surface area contributed by atoms with Crippen molar-refractivity contribution in [1.29, 1.82) is 0 Å². The van der Waals surface area contributed by atoms with Crippen LogP contribution >= 0.6 is 0 Å². The summed E-state index contributed by atoms with van der Waals surface area (Å²) in [6, 6.07) is 8.32. The van der Waals surface area contributed by atoms with Crippen LogP contribution in [-0.4, -0.2) is 25.7 Å². The zero-order valence-corrected chi connectivity index (χ0v) is 17.3. The maximum Gasteiger partial charge on any atom is 0.251 e. The van der Waals surface area contributed by atoms with Gasteiger partial charge in [-0.25, -0.2) is 14.6 Å². The van der Waals surface area contributed by atoms with Gasteiger partial charge in [-0.3, -0.25) is 4.79 Å². The van der Waals surface area contributed by atoms with E-state index >= 15 is 0 Å². The largest absolute Gasteiger partial charge is 0.352 e. The molecule has 2 N–H and O–H groups in total. The number of rotatable bonds is 5. The summed E-state index contributed by atoms with van der Waals surface area (Å²) in [5.74, 6) is 0.525. The molecule has 4 rings (SSSR count). The van der Waals surface area contributed by atoms with Crippen molar-refractivity contribution in [2.75, 3.05) is 0 Å². The summed E-state index contributed by atoms with van der Waals surface area (Å²) in [4.78, 5) is 21.6. The number of aromatic nitrogens is 4. The molecule has 1 aromatic carbocycles. The number of amides is 1. The molecule has 1 amide bonds. The summed E-state index contributed by atoms with van der Waals surface area (Å²) in [5, 5.41) is 11.0. The Morgan fingerprint density at radius 3 is 2.55 bits per heavy atom. The Morgan fingerprint density at radius 2 is 1.79 bits per heavy atom. The van der Waals surface area contributed by atoms with E-state index in [0.717, 1.165) is 47.0 Å². The van der Waals surface area contributed by atoms with Crippen molar-refractivity contribution in [2.45, 2.75) is 53.8 Å². The van der Waals surface area contributed by atoms with Gasteiger partial charge in [-0.2, -0.15) is 5.10 Å². The fourth-order valence-corrected chi connectivity index (χ4v) is 3.81. The molecule has 0 saturated carbocycles. The summed E-state index contributed by atoms with van der Waals surface area (Å²) >= 11 is 0. The van der Waals surface area contributed by atoms with E-state index in [2.05, 4.69) is 43.9 Å². The van der Waals surface area contributed by atoms with Crippen LogP contribution in [0.25, 0.3) is 5.95 Å². The number of benzene rings is 1. The lowest BCUT2D eigenvalue weighted by Crippen LogP contribution is -2.25. The topological polar surface area (TPSA) is 84.7 Å². The lowest BCUT2D eigenvalue weighted by atomic mass is 10.1. The Bertz CT molecular complexity index is 1060. The van der Waals surface area contributed by atoms with E-state index in [1.54, 1.807) is 4.68 Å². The highest BCUT2D eigenvalue weighted by molar-refractivity contribution is 5.79. The van der Waals surface area contributed by atoms with Gasteiger partial charge in [0.25, 0.3) is 5.95 Å². The average Bonchev–Trinajstić information content (AvgIpc) is 3.25. The summed E-state index contributed by atoms with van der Waals surface area (Å²) in [6.07, 6.45) is 0.287. The first kappa shape index (κ1) is 19.3. The predicted molar refractivity (Wildman–Crippen MR) is 111 cm³/mol. The Labute approximate surface area is 170 Å². The molecule has 3 aromatic rings. The van der Waals surface area contributed by atoms with Gasteiger partial charge in [0.15, 0.2) is 0 Å². The second kappa shape index (κ2) is 7.75. The minimum Gasteiger partial charge on any atom is -0.352 e. The van der Waals surface area contributed by atoms with Crippen molar-refractivity contribution in [2.24, 2.45) is 0 Å². The van der Waals surface area contributed by atoms with Crippen molar-refractivity contribution in [3.05, 3.63) is 69.3 Å². The number of aryl methyl sites for hydroxylation is 3. The molecule has 7 nitrogen and oxygen atoms in total. The molecule has 150 valence electrons. The van der Waals surface area contributed by atoms with E-state index in [1.165, 1.54) is 11.1 Å². The minimum absolute atomic E-state index is 0.0179. The lowest BCUT2D eigenvalue weighted by Gasteiger charge is -2.08. The molecule has 0 bridgehead atoms. The van der Waals surface area contributed by atoms with Crippen LogP contribution in [0.5, 0.6) is 0 Å². The molecule has 0 radical (unpaired) electrons. The van der Waals surface area contributed by atoms with Crippen molar-refractivity contribution in [1.82, 2.24) is 30.4 Å². The fraction of sp³-hybridized carbons (Fsp3) is 0.364. The smallest absolute Gasteiger partial charge is 0.251 e. The molecule has 0 saturated heterocycles. The van der Waals surface area contributed by atoms with Crippen LogP contribution in [0, 0.1) is 27.7 Å². The number of hydrogen-bond donors (Lipinski definition) is 2. The van der Waals surface area contributed by atoms with Crippen LogP contribution in [0.4, 0.5) is 0 Å². The van der Waals surface area contributed by atoms with Crippen LogP contribution < -0.4 is 10.6 Å². The Kier molecular flexibility index (Phi) is 5.15. The highest BCUT2D eigenvalue weighted by atomic mass is 16.1. The molecule has 0 atom stereocenters. The monoisotopic (exact) mass is 390 g/mol. The average molecular weight is 390 g/mol. The zero-order valence-electron chi connectivity index (χ0n) is 17.3. The summed E-state index contributed by atoms with van der Waals surface area (Å²) < 4.78 is 1.73. The first-order valence-corrected chi connectivity index (χ1v) is 9.86. The van der Waals surface area contributed by atoms with Gasteiger partial charge >= 0.3 is 0 Å². The van der Waals surface area contributed by atoms with E-state index in [-0.39, 0.29) is 12.3 Å². The number of nitrogens with zero attached hydrogens (tertiary/aromatic N) is 4. The molecule has 1 aliphatic rings. The van der Waals surface area contributed by atoms with Gasteiger partial charge < -0.3 is 10.6 Å². The van der Waals surface area contributed by atoms with E-state index in [9.17, 15) is 4.79 Å². The van der Waals surface area contributed by atoms with Gasteiger partial charge in [-0.15, -0.1) is 0 Å². The molecule has 0 unspecified atom stereocenters. The van der Waals surface area contributed by atoms with Gasteiger partial charge in [-0.05, 0) is 50.5 Å². The second-order valence-electron chi connectivity index (χ2n) is 7.67. The maximum absolute atomic E-state index is 12.6. The van der Waals surface area contributed by atoms with Crippen molar-refractivity contribution in [3.63, 3.8) is 0 Å². The third-order valence-corrected chi connectivity index (χ3v) is 5.33. The third-order valence-electron chi connectivity index (χ3n) is 5.33. The van der Waals surface area contributed by atoms with Gasteiger partial charge in [0.2, 0.25) is 5.91 Å². The molecule has 0 spiro atoms. The first-order valence-electron chi connectivity index (χ1n) is 9.86. The SMILES string of the molecule is Cc1cc(C)nc(-n2nc(C)c(CC(=O)NCc3ccc4c(c3)CNC4)c2C)n1. The summed E-state index contributed by atoms with van der Waals surface area (Å²) in [7, 11) is 0. The third kappa shape index (κ3) is 4.05. The standard InChI is InChI=1S/C22H26N6O/c1-13-7-14(2)26-22(25-13)28-16(4)20(15(3)27-28)9-21(29)24-10-17-5-6-18-11-23-12-19(18)8-17/h5-8,23H,9-12H2,1-4H3,(H,24,29). The predicted octanol–water partition coefficient (Wildman–Crippen LogP) is 2.36. The highest BCUT2D eigenvalue weighted by Crippen LogP contribution is 2.18. The Balaban J connectivity index is 1.46. The van der Waals surface area contributed by atoms with Gasteiger partial charge in [0, 0.05) is 42.3 Å². The van der Waals surface area contributed by atoms with Crippen molar-refractivity contribution < 1.29 is 4.79 Å². The number of carbonyl (C=O) groups is 1. The molecular weight excluding hydrogens is 364 g/mol. The Hall–Kier alpha value is -3.06. The van der Waals surface area contributed by atoms with Crippen LogP contribution in [0.2, 0.25) is 0 Å². The van der Waals surface area contributed by atoms with Crippen LogP contribution in [0.1, 0.15) is 45.0 Å². The molecule has 1 aliphatic heterocycles. The molecular formula is C22H26N6O. The van der Waals surface area contributed by atoms with E-state index in [4.69, 9.17) is 0 Å². The lowest BCUT2D eigenvalue weighted by molar-refractivity contribution is -0.120. The number of hydrogen-bond acceptors (Lipinski definition) is 5. The number of fused-ring (bicyclic) bond motifs is 1. The van der Waals surface area contributed by atoms with Gasteiger partial charge in [0.05, 0.1) is 12.1 Å². The zero-order chi connectivity index (χ0) is 20.5. The van der Waals surface area contributed by atoms with Gasteiger partial charge in [0.1, 0.15) is 0 Å². The summed E-state index contributed by atoms with van der Waals surface area (Å²) in [6.45, 7) is 10.1. The Morgan fingerprint density at radius 1 is 1.07 bits per heavy atom. The fourth-order valence-electron chi connectivity index (χ4n) is 3.81. The second-order valence-corrected chi connectivity index (χ2v) is 7.67. The van der Waals surface area contributed by atoms with Crippen LogP contribution in [-0.2, 0) is 30.8 Å². The highest BCUT2D eigenvalue weighted by Gasteiger charge is 2.18. The molecule has 29 heavy (non-hydrogen) atoms. The molecule has 2 aromatic heterocycles. The van der Waals surface area contributed by atoms with Crippen LogP contribution in [0.15, 0.2) is 24.3 Å².